The van der Waals surface area contributed by atoms with Crippen molar-refractivity contribution in [3.05, 3.63) is 29.3 Å². The first kappa shape index (κ1) is 19.0. The molecule has 8 heteroatoms. The molecule has 1 aromatic rings. The number of carbonyl (C=O) groups is 1. The molecular formula is C16H24ClN3O3S. The van der Waals surface area contributed by atoms with E-state index in [4.69, 9.17) is 11.6 Å². The van der Waals surface area contributed by atoms with Gasteiger partial charge in [-0.15, -0.1) is 0 Å². The van der Waals surface area contributed by atoms with Gasteiger partial charge in [-0.2, -0.15) is 4.31 Å². The Labute approximate surface area is 148 Å². The molecule has 1 heterocycles. The lowest BCUT2D eigenvalue weighted by molar-refractivity contribution is 0.191. The minimum atomic E-state index is -3.60. The zero-order valence-electron chi connectivity index (χ0n) is 14.3. The topological polar surface area (TPSA) is 69.7 Å². The molecule has 1 aliphatic rings. The summed E-state index contributed by atoms with van der Waals surface area (Å²) < 4.78 is 26.9. The van der Waals surface area contributed by atoms with Crippen LogP contribution < -0.4 is 5.32 Å². The van der Waals surface area contributed by atoms with Crippen molar-refractivity contribution in [2.24, 2.45) is 0 Å². The van der Waals surface area contributed by atoms with Crippen LogP contribution in [0.1, 0.15) is 27.2 Å². The minimum Gasteiger partial charge on any atom is -0.333 e. The normalized spacial score (nSPS) is 17.4. The number of benzene rings is 1. The minimum absolute atomic E-state index is 0.162. The molecule has 0 saturated carbocycles. The molecule has 1 N–H and O–H groups in total. The molecule has 0 spiro atoms. The number of rotatable bonds is 2. The van der Waals surface area contributed by atoms with Gasteiger partial charge in [0.15, 0.2) is 0 Å². The lowest BCUT2D eigenvalue weighted by Gasteiger charge is -2.27. The Morgan fingerprint density at radius 2 is 1.88 bits per heavy atom. The summed E-state index contributed by atoms with van der Waals surface area (Å²) in [4.78, 5) is 14.1. The lowest BCUT2D eigenvalue weighted by Crippen LogP contribution is -2.49. The monoisotopic (exact) mass is 373 g/mol. The average molecular weight is 374 g/mol. The molecule has 0 aromatic heterocycles. The first-order valence-electron chi connectivity index (χ1n) is 7.92. The number of nitrogens with zero attached hydrogens (tertiary/aromatic N) is 2. The van der Waals surface area contributed by atoms with Crippen LogP contribution in [0.5, 0.6) is 0 Å². The van der Waals surface area contributed by atoms with Crippen LogP contribution in [0.4, 0.5) is 4.79 Å². The molecule has 1 fully saturated rings. The summed E-state index contributed by atoms with van der Waals surface area (Å²) in [6.45, 7) is 7.29. The molecule has 0 radical (unpaired) electrons. The van der Waals surface area contributed by atoms with Crippen LogP contribution in [0.2, 0.25) is 5.02 Å². The van der Waals surface area contributed by atoms with E-state index >= 15 is 0 Å². The fourth-order valence-corrected chi connectivity index (χ4v) is 4.28. The third-order valence-electron chi connectivity index (χ3n) is 3.66. The lowest BCUT2D eigenvalue weighted by atomic mass is 10.1. The second-order valence-electron chi connectivity index (χ2n) is 6.88. The van der Waals surface area contributed by atoms with Crippen molar-refractivity contribution in [3.8, 4) is 0 Å². The number of nitrogens with one attached hydrogen (secondary N) is 1. The summed E-state index contributed by atoms with van der Waals surface area (Å²) >= 11 is 5.90. The van der Waals surface area contributed by atoms with E-state index in [0.717, 1.165) is 0 Å². The summed E-state index contributed by atoms with van der Waals surface area (Å²) in [5, 5.41) is 3.30. The number of amides is 2. The number of carbonyl (C=O) groups excluding carboxylic acids is 1. The van der Waals surface area contributed by atoms with E-state index in [1.807, 2.05) is 20.8 Å². The van der Waals surface area contributed by atoms with Crippen molar-refractivity contribution in [2.45, 2.75) is 37.6 Å². The zero-order chi connectivity index (χ0) is 18.0. The van der Waals surface area contributed by atoms with Gasteiger partial charge in [0.2, 0.25) is 10.0 Å². The van der Waals surface area contributed by atoms with Crippen LogP contribution in [-0.4, -0.2) is 55.4 Å². The maximum Gasteiger partial charge on any atom is 0.317 e. The van der Waals surface area contributed by atoms with Gasteiger partial charge in [-0.05, 0) is 45.4 Å². The predicted molar refractivity (Wildman–Crippen MR) is 94.7 cm³/mol. The fraction of sp³-hybridized carbons (Fsp3) is 0.562. The van der Waals surface area contributed by atoms with E-state index in [0.29, 0.717) is 31.1 Å². The fourth-order valence-electron chi connectivity index (χ4n) is 2.51. The standard InChI is InChI=1S/C16H24ClN3O3S/c1-16(2,3)18-15(21)19-8-5-9-20(11-10-19)24(22,23)14-7-4-6-13(17)12-14/h4,6-7,12H,5,8-11H2,1-3H3,(H,18,21). The van der Waals surface area contributed by atoms with Gasteiger partial charge in [0.1, 0.15) is 0 Å². The molecule has 0 bridgehead atoms. The molecule has 1 saturated heterocycles. The zero-order valence-corrected chi connectivity index (χ0v) is 15.8. The summed E-state index contributed by atoms with van der Waals surface area (Å²) in [5.41, 5.74) is -0.323. The van der Waals surface area contributed by atoms with Crippen LogP contribution >= 0.6 is 11.6 Å². The highest BCUT2D eigenvalue weighted by molar-refractivity contribution is 7.89. The van der Waals surface area contributed by atoms with Crippen LogP contribution in [0.25, 0.3) is 0 Å². The van der Waals surface area contributed by atoms with Crippen LogP contribution in [0, 0.1) is 0 Å². The first-order chi connectivity index (χ1) is 11.1. The van der Waals surface area contributed by atoms with Gasteiger partial charge in [0, 0.05) is 36.7 Å². The Morgan fingerprint density at radius 3 is 2.50 bits per heavy atom. The maximum atomic E-state index is 12.7. The van der Waals surface area contributed by atoms with Crippen molar-refractivity contribution in [2.75, 3.05) is 26.2 Å². The third kappa shape index (κ3) is 4.84. The van der Waals surface area contributed by atoms with Gasteiger partial charge in [-0.1, -0.05) is 17.7 Å². The summed E-state index contributed by atoms with van der Waals surface area (Å²) in [6, 6.07) is 6.09. The third-order valence-corrected chi connectivity index (χ3v) is 5.79. The van der Waals surface area contributed by atoms with Crippen molar-refractivity contribution in [1.29, 1.82) is 0 Å². The van der Waals surface area contributed by atoms with E-state index in [2.05, 4.69) is 5.32 Å². The van der Waals surface area contributed by atoms with Crippen molar-refractivity contribution >= 4 is 27.7 Å². The second-order valence-corrected chi connectivity index (χ2v) is 9.26. The molecular weight excluding hydrogens is 350 g/mol. The van der Waals surface area contributed by atoms with Gasteiger partial charge in [-0.3, -0.25) is 0 Å². The van der Waals surface area contributed by atoms with Gasteiger partial charge >= 0.3 is 6.03 Å². The summed E-state index contributed by atoms with van der Waals surface area (Å²) in [5.74, 6) is 0. The maximum absolute atomic E-state index is 12.7. The number of halogens is 1. The molecule has 2 amide bonds. The van der Waals surface area contributed by atoms with Crippen LogP contribution in [0.15, 0.2) is 29.2 Å². The average Bonchev–Trinajstić information content (AvgIpc) is 2.72. The highest BCUT2D eigenvalue weighted by Crippen LogP contribution is 2.21. The second kappa shape index (κ2) is 7.29. The number of urea groups is 1. The van der Waals surface area contributed by atoms with E-state index in [1.165, 1.54) is 16.4 Å². The van der Waals surface area contributed by atoms with Crippen molar-refractivity contribution in [1.82, 2.24) is 14.5 Å². The summed E-state index contributed by atoms with van der Waals surface area (Å²) in [7, 11) is -3.60. The van der Waals surface area contributed by atoms with Gasteiger partial charge < -0.3 is 10.2 Å². The van der Waals surface area contributed by atoms with Gasteiger partial charge in [0.25, 0.3) is 0 Å². The molecule has 6 nitrogen and oxygen atoms in total. The number of hydrogen-bond acceptors (Lipinski definition) is 3. The van der Waals surface area contributed by atoms with E-state index in [-0.39, 0.29) is 23.0 Å². The molecule has 134 valence electrons. The first-order valence-corrected chi connectivity index (χ1v) is 9.74. The largest absolute Gasteiger partial charge is 0.333 e. The quantitative estimate of drug-likeness (QED) is 0.866. The van der Waals surface area contributed by atoms with Gasteiger partial charge in [0.05, 0.1) is 4.90 Å². The predicted octanol–water partition coefficient (Wildman–Crippen LogP) is 2.54. The van der Waals surface area contributed by atoms with Crippen LogP contribution in [0.3, 0.4) is 0 Å². The van der Waals surface area contributed by atoms with E-state index in [1.54, 1.807) is 17.0 Å². The Balaban J connectivity index is 2.09. The molecule has 2 rings (SSSR count). The molecule has 24 heavy (non-hydrogen) atoms. The molecule has 1 aliphatic heterocycles. The Kier molecular flexibility index (Phi) is 5.78. The Hall–Kier alpha value is -1.31. The number of hydrogen-bond donors (Lipinski definition) is 1. The smallest absolute Gasteiger partial charge is 0.317 e. The summed E-state index contributed by atoms with van der Waals surface area (Å²) in [6.07, 6.45) is 0.595. The van der Waals surface area contributed by atoms with Gasteiger partial charge in [-0.25, -0.2) is 13.2 Å². The van der Waals surface area contributed by atoms with E-state index in [9.17, 15) is 13.2 Å². The van der Waals surface area contributed by atoms with Crippen LogP contribution in [-0.2, 0) is 10.0 Å². The Bertz CT molecular complexity index is 701. The highest BCUT2D eigenvalue weighted by atomic mass is 35.5. The Morgan fingerprint density at radius 1 is 1.17 bits per heavy atom. The SMILES string of the molecule is CC(C)(C)NC(=O)N1CCCN(S(=O)(=O)c2cccc(Cl)c2)CC1. The highest BCUT2D eigenvalue weighted by Gasteiger charge is 2.29. The molecule has 0 atom stereocenters. The number of sulfonamides is 1. The molecule has 1 aromatic carbocycles. The van der Waals surface area contributed by atoms with E-state index < -0.39 is 10.0 Å². The van der Waals surface area contributed by atoms with Crippen molar-refractivity contribution in [3.63, 3.8) is 0 Å². The van der Waals surface area contributed by atoms with Crippen molar-refractivity contribution < 1.29 is 13.2 Å². The molecule has 0 aliphatic carbocycles. The molecule has 0 unspecified atom stereocenters.